The highest BCUT2D eigenvalue weighted by Gasteiger charge is 2.45. The molecule has 3 aliphatic heterocycles. The zero-order valence-corrected chi connectivity index (χ0v) is 13.3. The monoisotopic (exact) mass is 333 g/mol. The number of piperidine rings is 1. The second kappa shape index (κ2) is 6.04. The Morgan fingerprint density at radius 1 is 1.14 bits per heavy atom. The number of aliphatic carboxylic acids is 1. The molecule has 0 aromatic rings. The Hall–Kier alpha value is -0.740. The molecular weight excluding hydrogens is 310 g/mol. The fourth-order valence-corrected chi connectivity index (χ4v) is 5.19. The van der Waals surface area contributed by atoms with Crippen LogP contribution in [0.2, 0.25) is 0 Å². The molecule has 1 atom stereocenters. The van der Waals surface area contributed by atoms with Crippen LogP contribution < -0.4 is 5.32 Å². The number of carbonyl (C=O) groups is 1. The van der Waals surface area contributed by atoms with E-state index < -0.39 is 22.2 Å². The molecule has 3 rings (SSSR count). The Morgan fingerprint density at radius 2 is 1.73 bits per heavy atom. The molecule has 0 saturated carbocycles. The zero-order chi connectivity index (χ0) is 15.8. The van der Waals surface area contributed by atoms with E-state index >= 15 is 0 Å². The molecule has 2 N–H and O–H groups in total. The maximum absolute atomic E-state index is 12.6. The van der Waals surface area contributed by atoms with Crippen molar-refractivity contribution in [2.75, 3.05) is 45.9 Å². The first kappa shape index (κ1) is 16.1. The molecule has 9 heteroatoms. The van der Waals surface area contributed by atoms with Gasteiger partial charge in [-0.2, -0.15) is 17.0 Å². The van der Waals surface area contributed by atoms with Crippen molar-refractivity contribution in [2.24, 2.45) is 5.41 Å². The van der Waals surface area contributed by atoms with Crippen LogP contribution in [0.5, 0.6) is 0 Å². The lowest BCUT2D eigenvalue weighted by atomic mass is 9.77. The Morgan fingerprint density at radius 3 is 2.27 bits per heavy atom. The van der Waals surface area contributed by atoms with Crippen LogP contribution in [0.15, 0.2) is 0 Å². The number of carboxylic acids is 1. The lowest BCUT2D eigenvalue weighted by Gasteiger charge is -2.40. The van der Waals surface area contributed by atoms with Crippen LogP contribution in [-0.4, -0.2) is 80.1 Å². The summed E-state index contributed by atoms with van der Waals surface area (Å²) >= 11 is 0. The number of nitrogens with zero attached hydrogens (tertiary/aromatic N) is 2. The van der Waals surface area contributed by atoms with Crippen molar-refractivity contribution in [2.45, 2.75) is 25.3 Å². The summed E-state index contributed by atoms with van der Waals surface area (Å²) in [5.74, 6) is -0.819. The third-order valence-electron chi connectivity index (χ3n) is 5.06. The number of hydrogen-bond acceptors (Lipinski definition) is 5. The first-order valence-electron chi connectivity index (χ1n) is 7.72. The van der Waals surface area contributed by atoms with Crippen LogP contribution >= 0.6 is 0 Å². The number of rotatable bonds is 3. The molecule has 0 aliphatic carbocycles. The fourth-order valence-electron chi connectivity index (χ4n) is 3.60. The van der Waals surface area contributed by atoms with Gasteiger partial charge in [-0.05, 0) is 24.7 Å². The van der Waals surface area contributed by atoms with E-state index in [-0.39, 0.29) is 5.41 Å². The SMILES string of the molecule is O=C(O)[C@H]1CC2(CCN(S(=O)(=O)N3CCOCC3)CC2)CN1. The van der Waals surface area contributed by atoms with Crippen molar-refractivity contribution < 1.29 is 23.1 Å². The van der Waals surface area contributed by atoms with E-state index in [9.17, 15) is 13.2 Å². The van der Waals surface area contributed by atoms with Gasteiger partial charge in [0.15, 0.2) is 0 Å². The maximum Gasteiger partial charge on any atom is 0.320 e. The molecule has 3 fully saturated rings. The summed E-state index contributed by atoms with van der Waals surface area (Å²) in [5, 5.41) is 12.1. The molecule has 0 aromatic heterocycles. The highest BCUT2D eigenvalue weighted by molar-refractivity contribution is 7.86. The van der Waals surface area contributed by atoms with E-state index in [1.807, 2.05) is 0 Å². The Labute approximate surface area is 130 Å². The van der Waals surface area contributed by atoms with Crippen molar-refractivity contribution >= 4 is 16.2 Å². The van der Waals surface area contributed by atoms with Crippen LogP contribution in [-0.2, 0) is 19.7 Å². The topological polar surface area (TPSA) is 99.2 Å². The minimum atomic E-state index is -3.41. The molecule has 0 bridgehead atoms. The van der Waals surface area contributed by atoms with Crippen LogP contribution in [0.3, 0.4) is 0 Å². The molecule has 0 radical (unpaired) electrons. The number of carboxylic acid groups (broad SMARTS) is 1. The predicted octanol–water partition coefficient (Wildman–Crippen LogP) is -0.908. The molecule has 0 amide bonds. The largest absolute Gasteiger partial charge is 0.480 e. The molecule has 3 saturated heterocycles. The molecule has 1 spiro atoms. The summed E-state index contributed by atoms with van der Waals surface area (Å²) in [7, 11) is -3.41. The van der Waals surface area contributed by atoms with Crippen molar-refractivity contribution in [3.8, 4) is 0 Å². The predicted molar refractivity (Wildman–Crippen MR) is 78.6 cm³/mol. The molecule has 8 nitrogen and oxygen atoms in total. The van der Waals surface area contributed by atoms with Crippen molar-refractivity contribution in [3.05, 3.63) is 0 Å². The second-order valence-corrected chi connectivity index (χ2v) is 8.32. The van der Waals surface area contributed by atoms with E-state index in [0.29, 0.717) is 65.2 Å². The quantitative estimate of drug-likeness (QED) is 0.694. The molecule has 22 heavy (non-hydrogen) atoms. The van der Waals surface area contributed by atoms with Gasteiger partial charge >= 0.3 is 5.97 Å². The maximum atomic E-state index is 12.6. The summed E-state index contributed by atoms with van der Waals surface area (Å²) in [5.41, 5.74) is -0.0694. The normalized spacial score (nSPS) is 30.6. The van der Waals surface area contributed by atoms with Gasteiger partial charge in [0.05, 0.1) is 13.2 Å². The van der Waals surface area contributed by atoms with Gasteiger partial charge in [0.25, 0.3) is 10.2 Å². The van der Waals surface area contributed by atoms with Gasteiger partial charge in [-0.1, -0.05) is 0 Å². The number of morpholine rings is 1. The van der Waals surface area contributed by atoms with E-state index in [1.54, 1.807) is 0 Å². The summed E-state index contributed by atoms with van der Waals surface area (Å²) in [6, 6.07) is -0.498. The van der Waals surface area contributed by atoms with Crippen molar-refractivity contribution in [3.63, 3.8) is 0 Å². The van der Waals surface area contributed by atoms with Gasteiger partial charge in [-0.3, -0.25) is 4.79 Å². The van der Waals surface area contributed by atoms with Gasteiger partial charge in [-0.25, -0.2) is 0 Å². The third-order valence-corrected chi connectivity index (χ3v) is 7.10. The van der Waals surface area contributed by atoms with Gasteiger partial charge in [0, 0.05) is 32.7 Å². The zero-order valence-electron chi connectivity index (χ0n) is 12.5. The van der Waals surface area contributed by atoms with Gasteiger partial charge in [0.1, 0.15) is 6.04 Å². The minimum absolute atomic E-state index is 0.0694. The summed E-state index contributed by atoms with van der Waals surface area (Å²) in [6.07, 6.45) is 2.02. The Kier molecular flexibility index (Phi) is 4.43. The number of nitrogens with one attached hydrogen (secondary N) is 1. The molecular formula is C13H23N3O5S. The van der Waals surface area contributed by atoms with Crippen LogP contribution in [0.1, 0.15) is 19.3 Å². The highest BCUT2D eigenvalue weighted by Crippen LogP contribution is 2.40. The first-order valence-corrected chi connectivity index (χ1v) is 9.12. The molecule has 0 aromatic carbocycles. The van der Waals surface area contributed by atoms with Crippen LogP contribution in [0, 0.1) is 5.41 Å². The average molecular weight is 333 g/mol. The fraction of sp³-hybridized carbons (Fsp3) is 0.923. The van der Waals surface area contributed by atoms with Crippen molar-refractivity contribution in [1.82, 2.24) is 13.9 Å². The van der Waals surface area contributed by atoms with Gasteiger partial charge in [0.2, 0.25) is 0 Å². The molecule has 0 unspecified atom stereocenters. The van der Waals surface area contributed by atoms with Crippen LogP contribution in [0.4, 0.5) is 0 Å². The first-order chi connectivity index (χ1) is 10.4. The second-order valence-electron chi connectivity index (χ2n) is 6.39. The Bertz CT molecular complexity index is 524. The number of hydrogen-bond donors (Lipinski definition) is 2. The van der Waals surface area contributed by atoms with E-state index in [4.69, 9.17) is 9.84 Å². The summed E-state index contributed by atoms with van der Waals surface area (Å²) in [4.78, 5) is 11.1. The third kappa shape index (κ3) is 3.00. The highest BCUT2D eigenvalue weighted by atomic mass is 32.2. The van der Waals surface area contributed by atoms with Gasteiger partial charge < -0.3 is 15.2 Å². The number of ether oxygens (including phenoxy) is 1. The van der Waals surface area contributed by atoms with E-state index in [0.717, 1.165) is 0 Å². The summed E-state index contributed by atoms with van der Waals surface area (Å²) < 4.78 is 33.4. The van der Waals surface area contributed by atoms with Gasteiger partial charge in [-0.15, -0.1) is 0 Å². The average Bonchev–Trinajstić information content (AvgIpc) is 2.93. The van der Waals surface area contributed by atoms with E-state index in [1.165, 1.54) is 8.61 Å². The minimum Gasteiger partial charge on any atom is -0.480 e. The Balaban J connectivity index is 1.61. The smallest absolute Gasteiger partial charge is 0.320 e. The van der Waals surface area contributed by atoms with Crippen LogP contribution in [0.25, 0.3) is 0 Å². The molecule has 3 heterocycles. The van der Waals surface area contributed by atoms with E-state index in [2.05, 4.69) is 5.32 Å². The molecule has 3 aliphatic rings. The van der Waals surface area contributed by atoms with Crippen molar-refractivity contribution in [1.29, 1.82) is 0 Å². The summed E-state index contributed by atoms with van der Waals surface area (Å²) in [6.45, 7) is 3.30. The standard InChI is InChI=1S/C13H23N3O5S/c17-12(18)11-9-13(10-14-11)1-3-15(4-2-13)22(19,20)16-5-7-21-8-6-16/h11,14H,1-10H2,(H,17,18)/t11-/m1/s1. The molecule has 126 valence electrons. The lowest BCUT2D eigenvalue weighted by Crippen LogP contribution is -2.52. The lowest BCUT2D eigenvalue weighted by molar-refractivity contribution is -0.139.